The molecule has 1 amide bonds. The molecule has 0 radical (unpaired) electrons. The minimum Gasteiger partial charge on any atom is -0.350 e. The Morgan fingerprint density at radius 1 is 1.32 bits per heavy atom. The van der Waals surface area contributed by atoms with E-state index in [-0.39, 0.29) is 18.1 Å². The van der Waals surface area contributed by atoms with Gasteiger partial charge in [-0.1, -0.05) is 6.07 Å². The summed E-state index contributed by atoms with van der Waals surface area (Å²) < 4.78 is 1.71. The monoisotopic (exact) mass is 399 g/mol. The third-order valence-corrected chi connectivity index (χ3v) is 5.03. The number of benzene rings is 1. The number of nitrogens with zero attached hydrogens (tertiary/aromatic N) is 4. The summed E-state index contributed by atoms with van der Waals surface area (Å²) in [6.45, 7) is 1.33. The number of amides is 1. The van der Waals surface area contributed by atoms with Crippen molar-refractivity contribution in [2.75, 3.05) is 13.6 Å². The molecule has 0 atom stereocenters. The third-order valence-electron chi connectivity index (χ3n) is 4.15. The Bertz CT molecular complexity index is 951. The number of aryl methyl sites for hydroxylation is 1. The molecule has 2 heterocycles. The van der Waals surface area contributed by atoms with Crippen LogP contribution in [0.4, 0.5) is 5.69 Å². The molecule has 0 saturated heterocycles. The summed E-state index contributed by atoms with van der Waals surface area (Å²) in [5.41, 5.74) is 2.55. The SMILES string of the molecule is CN(CC(=O)NCc1cccs1)Cc1cn(C)nc1-c1ccc([N+](=O)[O-])cc1. The number of likely N-dealkylation sites (N-methyl/N-ethyl adjacent to an activating group) is 1. The van der Waals surface area contributed by atoms with E-state index in [1.807, 2.05) is 42.7 Å². The molecule has 0 spiro atoms. The predicted molar refractivity (Wildman–Crippen MR) is 108 cm³/mol. The minimum atomic E-state index is -0.425. The number of hydrogen-bond acceptors (Lipinski definition) is 6. The van der Waals surface area contributed by atoms with Gasteiger partial charge in [0, 0.05) is 47.9 Å². The number of nitrogens with one attached hydrogen (secondary N) is 1. The predicted octanol–water partition coefficient (Wildman–Crippen LogP) is 2.81. The molecule has 9 heteroatoms. The lowest BCUT2D eigenvalue weighted by molar-refractivity contribution is -0.384. The molecule has 8 nitrogen and oxygen atoms in total. The van der Waals surface area contributed by atoms with Crippen LogP contribution in [0.15, 0.2) is 48.0 Å². The standard InChI is InChI=1S/C19H21N5O3S/c1-22(13-18(25)20-10-17-4-3-9-28-17)11-15-12-23(2)21-19(15)14-5-7-16(8-6-14)24(26)27/h3-9,12H,10-11,13H2,1-2H3,(H,20,25). The Morgan fingerprint density at radius 2 is 2.07 bits per heavy atom. The molecule has 0 aliphatic rings. The van der Waals surface area contributed by atoms with Crippen molar-refractivity contribution in [3.05, 3.63) is 68.5 Å². The highest BCUT2D eigenvalue weighted by atomic mass is 32.1. The van der Waals surface area contributed by atoms with Crippen LogP contribution in [0, 0.1) is 10.1 Å². The van der Waals surface area contributed by atoms with Crippen molar-refractivity contribution < 1.29 is 9.72 Å². The average Bonchev–Trinajstić information content (AvgIpc) is 3.29. The van der Waals surface area contributed by atoms with Gasteiger partial charge < -0.3 is 5.32 Å². The van der Waals surface area contributed by atoms with Gasteiger partial charge in [-0.25, -0.2) is 0 Å². The van der Waals surface area contributed by atoms with Crippen molar-refractivity contribution in [1.82, 2.24) is 20.0 Å². The number of carbonyl (C=O) groups is 1. The van der Waals surface area contributed by atoms with Gasteiger partial charge in [0.25, 0.3) is 5.69 Å². The van der Waals surface area contributed by atoms with Crippen LogP contribution in [0.1, 0.15) is 10.4 Å². The number of aromatic nitrogens is 2. The van der Waals surface area contributed by atoms with Crippen LogP contribution in [0.25, 0.3) is 11.3 Å². The van der Waals surface area contributed by atoms with Crippen LogP contribution in [0.2, 0.25) is 0 Å². The van der Waals surface area contributed by atoms with Gasteiger partial charge in [-0.2, -0.15) is 5.10 Å². The Hall–Kier alpha value is -3.04. The van der Waals surface area contributed by atoms with Crippen LogP contribution in [-0.4, -0.2) is 39.1 Å². The van der Waals surface area contributed by atoms with Crippen molar-refractivity contribution in [3.63, 3.8) is 0 Å². The fourth-order valence-electron chi connectivity index (χ4n) is 2.88. The van der Waals surface area contributed by atoms with E-state index in [1.54, 1.807) is 28.2 Å². The molecule has 3 aromatic rings. The molecule has 2 aromatic heterocycles. The topological polar surface area (TPSA) is 93.3 Å². The van der Waals surface area contributed by atoms with Crippen LogP contribution in [0.5, 0.6) is 0 Å². The zero-order valence-electron chi connectivity index (χ0n) is 15.7. The van der Waals surface area contributed by atoms with E-state index in [2.05, 4.69) is 10.4 Å². The maximum Gasteiger partial charge on any atom is 0.269 e. The molecule has 0 saturated carbocycles. The first-order valence-electron chi connectivity index (χ1n) is 8.67. The molecular formula is C19H21N5O3S. The van der Waals surface area contributed by atoms with E-state index >= 15 is 0 Å². The molecule has 0 bridgehead atoms. The second-order valence-electron chi connectivity index (χ2n) is 6.51. The molecule has 0 fully saturated rings. The molecule has 3 rings (SSSR count). The van der Waals surface area contributed by atoms with Gasteiger partial charge in [-0.15, -0.1) is 11.3 Å². The van der Waals surface area contributed by atoms with Crippen molar-refractivity contribution >= 4 is 22.9 Å². The van der Waals surface area contributed by atoms with Crippen LogP contribution < -0.4 is 5.32 Å². The summed E-state index contributed by atoms with van der Waals surface area (Å²) in [6.07, 6.45) is 1.90. The smallest absolute Gasteiger partial charge is 0.269 e. The Kier molecular flexibility index (Phi) is 6.17. The summed E-state index contributed by atoms with van der Waals surface area (Å²) in [4.78, 5) is 25.6. The molecule has 0 aliphatic carbocycles. The number of nitro groups is 1. The molecule has 0 unspecified atom stereocenters. The van der Waals surface area contributed by atoms with Gasteiger partial charge in [0.1, 0.15) is 0 Å². The van der Waals surface area contributed by atoms with Gasteiger partial charge in [-0.3, -0.25) is 24.5 Å². The second-order valence-corrected chi connectivity index (χ2v) is 7.54. The molecule has 1 aromatic carbocycles. The highest BCUT2D eigenvalue weighted by Crippen LogP contribution is 2.25. The first-order valence-corrected chi connectivity index (χ1v) is 9.55. The van der Waals surface area contributed by atoms with Crippen molar-refractivity contribution in [1.29, 1.82) is 0 Å². The maximum absolute atomic E-state index is 12.2. The molecular weight excluding hydrogens is 378 g/mol. The van der Waals surface area contributed by atoms with E-state index in [0.29, 0.717) is 13.1 Å². The number of non-ortho nitro benzene ring substituents is 1. The molecule has 0 aliphatic heterocycles. The summed E-state index contributed by atoms with van der Waals surface area (Å²) in [7, 11) is 3.70. The van der Waals surface area contributed by atoms with E-state index in [9.17, 15) is 14.9 Å². The molecule has 28 heavy (non-hydrogen) atoms. The normalized spacial score (nSPS) is 11.0. The Balaban J connectivity index is 1.63. The second kappa shape index (κ2) is 8.77. The largest absolute Gasteiger partial charge is 0.350 e. The maximum atomic E-state index is 12.2. The van der Waals surface area contributed by atoms with Gasteiger partial charge in [0.15, 0.2) is 0 Å². The van der Waals surface area contributed by atoms with E-state index < -0.39 is 4.92 Å². The fraction of sp³-hybridized carbons (Fsp3) is 0.263. The lowest BCUT2D eigenvalue weighted by atomic mass is 10.1. The number of nitro benzene ring substituents is 1. The lowest BCUT2D eigenvalue weighted by Crippen LogP contribution is -2.34. The highest BCUT2D eigenvalue weighted by molar-refractivity contribution is 7.09. The number of hydrogen-bond donors (Lipinski definition) is 1. The van der Waals surface area contributed by atoms with Crippen molar-refractivity contribution in [3.8, 4) is 11.3 Å². The van der Waals surface area contributed by atoms with Gasteiger partial charge in [0.2, 0.25) is 5.91 Å². The summed E-state index contributed by atoms with van der Waals surface area (Å²) in [5, 5.41) is 20.2. The molecule has 146 valence electrons. The fourth-order valence-corrected chi connectivity index (χ4v) is 3.53. The summed E-state index contributed by atoms with van der Waals surface area (Å²) in [5.74, 6) is -0.0447. The van der Waals surface area contributed by atoms with E-state index in [0.717, 1.165) is 21.7 Å². The lowest BCUT2D eigenvalue weighted by Gasteiger charge is -2.16. The quantitative estimate of drug-likeness (QED) is 0.464. The zero-order chi connectivity index (χ0) is 20.1. The summed E-state index contributed by atoms with van der Waals surface area (Å²) >= 11 is 1.61. The zero-order valence-corrected chi connectivity index (χ0v) is 16.5. The third kappa shape index (κ3) is 5.02. The van der Waals surface area contributed by atoms with Gasteiger partial charge in [-0.05, 0) is 30.6 Å². The highest BCUT2D eigenvalue weighted by Gasteiger charge is 2.15. The number of carbonyl (C=O) groups excluding carboxylic acids is 1. The van der Waals surface area contributed by atoms with Gasteiger partial charge in [0.05, 0.1) is 23.7 Å². The van der Waals surface area contributed by atoms with E-state index in [1.165, 1.54) is 12.1 Å². The van der Waals surface area contributed by atoms with Crippen LogP contribution in [0.3, 0.4) is 0 Å². The first kappa shape index (κ1) is 19.7. The number of thiophene rings is 1. The average molecular weight is 399 g/mol. The summed E-state index contributed by atoms with van der Waals surface area (Å²) in [6, 6.07) is 10.3. The van der Waals surface area contributed by atoms with Crippen LogP contribution in [-0.2, 0) is 24.9 Å². The van der Waals surface area contributed by atoms with Crippen LogP contribution >= 0.6 is 11.3 Å². The Labute approximate surface area is 166 Å². The van der Waals surface area contributed by atoms with Crippen molar-refractivity contribution in [2.24, 2.45) is 7.05 Å². The Morgan fingerprint density at radius 3 is 2.71 bits per heavy atom. The van der Waals surface area contributed by atoms with Gasteiger partial charge >= 0.3 is 0 Å². The minimum absolute atomic E-state index is 0.0424. The first-order chi connectivity index (χ1) is 13.4. The van der Waals surface area contributed by atoms with E-state index in [4.69, 9.17) is 0 Å². The number of rotatable bonds is 8. The molecule has 1 N–H and O–H groups in total. The van der Waals surface area contributed by atoms with Crippen molar-refractivity contribution in [2.45, 2.75) is 13.1 Å².